The lowest BCUT2D eigenvalue weighted by Crippen LogP contribution is -2.46. The number of fused-ring (bicyclic) bond motifs is 1. The highest BCUT2D eigenvalue weighted by molar-refractivity contribution is 6.00. The number of rotatable bonds is 4. The molecular formula is C18H24N2O3. The molecule has 0 radical (unpaired) electrons. The lowest BCUT2D eigenvalue weighted by atomic mass is 9.93. The van der Waals surface area contributed by atoms with Crippen LogP contribution in [0.2, 0.25) is 0 Å². The fourth-order valence-corrected chi connectivity index (χ4v) is 3.59. The van der Waals surface area contributed by atoms with E-state index in [1.807, 2.05) is 30.0 Å². The molecule has 0 aliphatic carbocycles. The number of hydrogen-bond donors (Lipinski definition) is 2. The number of benzene rings is 1. The molecule has 1 fully saturated rings. The maximum Gasteiger partial charge on any atom is 0.307 e. The molecule has 0 spiro atoms. The van der Waals surface area contributed by atoms with E-state index in [9.17, 15) is 14.7 Å². The lowest BCUT2D eigenvalue weighted by Gasteiger charge is -2.34. The molecule has 0 amide bonds. The molecular weight excluding hydrogens is 292 g/mol. The van der Waals surface area contributed by atoms with Crippen molar-refractivity contribution in [2.45, 2.75) is 38.6 Å². The van der Waals surface area contributed by atoms with Crippen molar-refractivity contribution in [3.05, 3.63) is 29.3 Å². The van der Waals surface area contributed by atoms with Crippen molar-refractivity contribution in [1.29, 1.82) is 0 Å². The van der Waals surface area contributed by atoms with Crippen molar-refractivity contribution in [3.63, 3.8) is 0 Å². The van der Waals surface area contributed by atoms with E-state index in [-0.39, 0.29) is 17.7 Å². The Hall–Kier alpha value is -1.88. The minimum absolute atomic E-state index is 0.0874. The molecule has 2 heterocycles. The quantitative estimate of drug-likeness (QED) is 0.835. The Bertz CT molecular complexity index is 614. The van der Waals surface area contributed by atoms with Crippen molar-refractivity contribution in [2.75, 3.05) is 25.0 Å². The highest BCUT2D eigenvalue weighted by Gasteiger charge is 2.31. The molecule has 1 aromatic rings. The zero-order valence-electron chi connectivity index (χ0n) is 13.5. The second kappa shape index (κ2) is 6.71. The molecule has 0 saturated carbocycles. The van der Waals surface area contributed by atoms with Gasteiger partial charge in [0.15, 0.2) is 5.78 Å². The minimum Gasteiger partial charge on any atom is -0.481 e. The van der Waals surface area contributed by atoms with Gasteiger partial charge in [0.1, 0.15) is 0 Å². The van der Waals surface area contributed by atoms with Crippen molar-refractivity contribution in [1.82, 2.24) is 4.90 Å². The van der Waals surface area contributed by atoms with Crippen LogP contribution in [0.3, 0.4) is 0 Å². The van der Waals surface area contributed by atoms with Crippen LogP contribution in [0.15, 0.2) is 18.2 Å². The summed E-state index contributed by atoms with van der Waals surface area (Å²) in [6, 6.07) is 5.60. The Labute approximate surface area is 136 Å². The number of hydrogen-bond acceptors (Lipinski definition) is 4. The Kier molecular flexibility index (Phi) is 4.66. The molecule has 5 heteroatoms. The van der Waals surface area contributed by atoms with Crippen molar-refractivity contribution >= 4 is 17.4 Å². The van der Waals surface area contributed by atoms with Crippen molar-refractivity contribution < 1.29 is 14.7 Å². The lowest BCUT2D eigenvalue weighted by molar-refractivity contribution is -0.143. The molecule has 23 heavy (non-hydrogen) atoms. The Morgan fingerprint density at radius 2 is 2.17 bits per heavy atom. The largest absolute Gasteiger partial charge is 0.481 e. The maximum absolute atomic E-state index is 12.8. The van der Waals surface area contributed by atoms with Crippen LogP contribution in [0.1, 0.15) is 42.1 Å². The topological polar surface area (TPSA) is 69.6 Å². The van der Waals surface area contributed by atoms with E-state index in [4.69, 9.17) is 0 Å². The molecule has 5 nitrogen and oxygen atoms in total. The first-order valence-corrected chi connectivity index (χ1v) is 8.44. The van der Waals surface area contributed by atoms with Crippen molar-refractivity contribution in [2.24, 2.45) is 5.92 Å². The normalized spacial score (nSPS) is 22.7. The molecule has 1 aromatic carbocycles. The summed E-state index contributed by atoms with van der Waals surface area (Å²) in [6.45, 7) is 4.14. The number of aliphatic carboxylic acids is 1. The van der Waals surface area contributed by atoms with Crippen LogP contribution in [0.4, 0.5) is 5.69 Å². The van der Waals surface area contributed by atoms with E-state index in [0.29, 0.717) is 13.0 Å². The third-order valence-corrected chi connectivity index (χ3v) is 5.06. The molecule has 2 aliphatic rings. The summed E-state index contributed by atoms with van der Waals surface area (Å²) < 4.78 is 0. The van der Waals surface area contributed by atoms with Gasteiger partial charge >= 0.3 is 5.97 Å². The number of nitrogens with zero attached hydrogens (tertiary/aromatic N) is 1. The van der Waals surface area contributed by atoms with Gasteiger partial charge in [-0.25, -0.2) is 0 Å². The summed E-state index contributed by atoms with van der Waals surface area (Å²) >= 11 is 0. The standard InChI is InChI=1S/C18H24N2O3/c1-12(20-9-3-5-15(11-20)18(22)23)17(21)14-6-7-16-13(10-14)4-2-8-19-16/h6-7,10,12,15,19H,2-5,8-9,11H2,1H3,(H,22,23). The van der Waals surface area contributed by atoms with Gasteiger partial charge in [-0.3, -0.25) is 14.5 Å². The molecule has 1 saturated heterocycles. The first-order chi connectivity index (χ1) is 11.1. The van der Waals surface area contributed by atoms with Gasteiger partial charge in [-0.1, -0.05) is 0 Å². The van der Waals surface area contributed by atoms with Crippen LogP contribution in [0.25, 0.3) is 0 Å². The summed E-state index contributed by atoms with van der Waals surface area (Å²) in [5.41, 5.74) is 3.07. The SMILES string of the molecule is CC(C(=O)c1ccc2c(c1)CCCN2)N1CCCC(C(=O)O)C1. The smallest absolute Gasteiger partial charge is 0.307 e. The third kappa shape index (κ3) is 3.39. The van der Waals surface area contributed by atoms with Gasteiger partial charge in [0, 0.05) is 24.3 Å². The fourth-order valence-electron chi connectivity index (χ4n) is 3.59. The number of carboxylic acids is 1. The number of ketones is 1. The summed E-state index contributed by atoms with van der Waals surface area (Å²) in [4.78, 5) is 26.0. The zero-order valence-corrected chi connectivity index (χ0v) is 13.5. The van der Waals surface area contributed by atoms with Crippen LogP contribution >= 0.6 is 0 Å². The summed E-state index contributed by atoms with van der Waals surface area (Å²) in [5, 5.41) is 12.6. The number of carbonyl (C=O) groups is 2. The minimum atomic E-state index is -0.755. The molecule has 2 aliphatic heterocycles. The van der Waals surface area contributed by atoms with Crippen LogP contribution in [-0.2, 0) is 11.2 Å². The van der Waals surface area contributed by atoms with Gasteiger partial charge in [0.05, 0.1) is 12.0 Å². The van der Waals surface area contributed by atoms with E-state index in [0.717, 1.165) is 43.6 Å². The molecule has 2 atom stereocenters. The number of carboxylic acid groups (broad SMARTS) is 1. The van der Waals surface area contributed by atoms with E-state index < -0.39 is 5.97 Å². The predicted octanol–water partition coefficient (Wildman–Crippen LogP) is 2.41. The number of likely N-dealkylation sites (tertiary alicyclic amines) is 1. The van der Waals surface area contributed by atoms with E-state index in [2.05, 4.69) is 5.32 Å². The highest BCUT2D eigenvalue weighted by Crippen LogP contribution is 2.25. The Morgan fingerprint density at radius 3 is 2.96 bits per heavy atom. The van der Waals surface area contributed by atoms with Crippen LogP contribution < -0.4 is 5.32 Å². The van der Waals surface area contributed by atoms with E-state index in [1.54, 1.807) is 0 Å². The number of piperidine rings is 1. The average molecular weight is 316 g/mol. The second-order valence-corrected chi connectivity index (χ2v) is 6.61. The van der Waals surface area contributed by atoms with Crippen molar-refractivity contribution in [3.8, 4) is 0 Å². The fraction of sp³-hybridized carbons (Fsp3) is 0.556. The third-order valence-electron chi connectivity index (χ3n) is 5.06. The molecule has 2 unspecified atom stereocenters. The maximum atomic E-state index is 12.8. The number of anilines is 1. The van der Waals surface area contributed by atoms with Gasteiger partial charge in [-0.05, 0) is 62.9 Å². The van der Waals surface area contributed by atoms with E-state index >= 15 is 0 Å². The van der Waals surface area contributed by atoms with Gasteiger partial charge in [0.25, 0.3) is 0 Å². The Balaban J connectivity index is 1.73. The molecule has 0 aromatic heterocycles. The highest BCUT2D eigenvalue weighted by atomic mass is 16.4. The Morgan fingerprint density at radius 1 is 1.35 bits per heavy atom. The van der Waals surface area contributed by atoms with Gasteiger partial charge in [-0.2, -0.15) is 0 Å². The molecule has 2 N–H and O–H groups in total. The summed E-state index contributed by atoms with van der Waals surface area (Å²) in [7, 11) is 0. The molecule has 3 rings (SSSR count). The second-order valence-electron chi connectivity index (χ2n) is 6.61. The van der Waals surface area contributed by atoms with E-state index in [1.165, 1.54) is 5.56 Å². The van der Waals surface area contributed by atoms with Gasteiger partial charge < -0.3 is 10.4 Å². The van der Waals surface area contributed by atoms with Crippen LogP contribution in [0.5, 0.6) is 0 Å². The molecule has 124 valence electrons. The number of aryl methyl sites for hydroxylation is 1. The summed E-state index contributed by atoms with van der Waals surface area (Å²) in [5.74, 6) is -1.02. The average Bonchev–Trinajstić information content (AvgIpc) is 2.60. The molecule has 0 bridgehead atoms. The van der Waals surface area contributed by atoms with Crippen LogP contribution in [0, 0.1) is 5.92 Å². The zero-order chi connectivity index (χ0) is 16.4. The number of Topliss-reactive ketones (excluding diaryl/α,β-unsaturated/α-hetero) is 1. The monoisotopic (exact) mass is 316 g/mol. The summed E-state index contributed by atoms with van der Waals surface area (Å²) in [6.07, 6.45) is 3.63. The number of carbonyl (C=O) groups excluding carboxylic acids is 1. The van der Waals surface area contributed by atoms with Gasteiger partial charge in [-0.15, -0.1) is 0 Å². The first kappa shape index (κ1) is 16.0. The van der Waals surface area contributed by atoms with Crippen LogP contribution in [-0.4, -0.2) is 47.4 Å². The predicted molar refractivity (Wildman–Crippen MR) is 89.0 cm³/mol. The number of nitrogens with one attached hydrogen (secondary N) is 1. The van der Waals surface area contributed by atoms with Gasteiger partial charge in [0.2, 0.25) is 0 Å². The first-order valence-electron chi connectivity index (χ1n) is 8.44.